The summed E-state index contributed by atoms with van der Waals surface area (Å²) in [5.74, 6) is -0.760. The number of carboxylic acid groups (broad SMARTS) is 1. The van der Waals surface area contributed by atoms with E-state index in [0.717, 1.165) is 18.0 Å². The molecular weight excluding hydrogens is 260 g/mol. The van der Waals surface area contributed by atoms with E-state index >= 15 is 0 Å². The van der Waals surface area contributed by atoms with Gasteiger partial charge in [0.1, 0.15) is 0 Å². The lowest BCUT2D eigenvalue weighted by molar-refractivity contribution is -0.136. The Morgan fingerprint density at radius 1 is 1.42 bits per heavy atom. The molecule has 0 aliphatic carbocycles. The van der Waals surface area contributed by atoms with Gasteiger partial charge < -0.3 is 10.4 Å². The second-order valence-corrected chi connectivity index (χ2v) is 6.41. The molecule has 1 aromatic rings. The first-order chi connectivity index (χ1) is 9.15. The van der Waals surface area contributed by atoms with Gasteiger partial charge in [0.25, 0.3) is 0 Å². The van der Waals surface area contributed by atoms with Gasteiger partial charge in [0.15, 0.2) is 0 Å². The molecule has 2 N–H and O–H groups in total. The molecule has 106 valence electrons. The molecule has 1 atom stereocenters. The topological polar surface area (TPSA) is 52.6 Å². The molecule has 1 aliphatic heterocycles. The minimum Gasteiger partial charge on any atom is -0.481 e. The van der Waals surface area contributed by atoms with Crippen LogP contribution in [0.1, 0.15) is 29.5 Å². The van der Waals surface area contributed by atoms with Gasteiger partial charge in [0.2, 0.25) is 0 Å². The van der Waals surface area contributed by atoms with Crippen LogP contribution in [0.15, 0.2) is 12.1 Å². The van der Waals surface area contributed by atoms with Crippen LogP contribution in [0.4, 0.5) is 0 Å². The van der Waals surface area contributed by atoms with E-state index in [1.807, 2.05) is 12.1 Å². The van der Waals surface area contributed by atoms with Crippen molar-refractivity contribution < 1.29 is 9.90 Å². The number of hydrogen-bond donors (Lipinski definition) is 2. The van der Waals surface area contributed by atoms with E-state index in [2.05, 4.69) is 17.1 Å². The van der Waals surface area contributed by atoms with Crippen LogP contribution < -0.4 is 5.32 Å². The number of carboxylic acids is 1. The molecule has 0 amide bonds. The molecule has 5 heteroatoms. The van der Waals surface area contributed by atoms with Gasteiger partial charge in [0, 0.05) is 28.9 Å². The van der Waals surface area contributed by atoms with E-state index in [0.29, 0.717) is 6.04 Å². The summed E-state index contributed by atoms with van der Waals surface area (Å²) in [7, 11) is 0. The minimum atomic E-state index is -0.760. The number of nitrogens with zero attached hydrogens (tertiary/aromatic N) is 1. The van der Waals surface area contributed by atoms with Crippen LogP contribution in [0.3, 0.4) is 0 Å². The number of aliphatic carboxylic acids is 1. The number of hydrogen-bond acceptors (Lipinski definition) is 4. The largest absolute Gasteiger partial charge is 0.481 e. The molecule has 1 unspecified atom stereocenters. The molecule has 0 aromatic carbocycles. The molecule has 0 bridgehead atoms. The van der Waals surface area contributed by atoms with Gasteiger partial charge in [-0.1, -0.05) is 0 Å². The molecule has 19 heavy (non-hydrogen) atoms. The summed E-state index contributed by atoms with van der Waals surface area (Å²) < 4.78 is 0. The molecule has 0 spiro atoms. The molecule has 1 aliphatic rings. The lowest BCUT2D eigenvalue weighted by Crippen LogP contribution is -2.38. The van der Waals surface area contributed by atoms with Crippen molar-refractivity contribution in [2.75, 3.05) is 19.6 Å². The summed E-state index contributed by atoms with van der Waals surface area (Å²) in [4.78, 5) is 15.3. The summed E-state index contributed by atoms with van der Waals surface area (Å²) >= 11 is 1.59. The van der Waals surface area contributed by atoms with Crippen LogP contribution in [0.2, 0.25) is 0 Å². The van der Waals surface area contributed by atoms with E-state index < -0.39 is 5.97 Å². The molecule has 0 radical (unpaired) electrons. The van der Waals surface area contributed by atoms with Gasteiger partial charge in [-0.15, -0.1) is 11.3 Å². The van der Waals surface area contributed by atoms with E-state index in [9.17, 15) is 4.79 Å². The first kappa shape index (κ1) is 14.5. The highest BCUT2D eigenvalue weighted by Gasteiger charge is 2.17. The fourth-order valence-corrected chi connectivity index (χ4v) is 3.46. The molecule has 2 rings (SSSR count). The number of thiophene rings is 1. The van der Waals surface area contributed by atoms with Gasteiger partial charge in [-0.3, -0.25) is 9.69 Å². The average molecular weight is 282 g/mol. The van der Waals surface area contributed by atoms with Crippen LogP contribution in [-0.4, -0.2) is 41.7 Å². The maximum Gasteiger partial charge on any atom is 0.308 e. The van der Waals surface area contributed by atoms with Crippen molar-refractivity contribution in [2.24, 2.45) is 0 Å². The summed E-state index contributed by atoms with van der Waals surface area (Å²) in [6.45, 7) is 6.55. The predicted molar refractivity (Wildman–Crippen MR) is 77.6 cm³/mol. The SMILES string of the molecule is CC(CNCc1ccc(CC(=O)O)s1)N1CCCC1. The number of rotatable bonds is 7. The van der Waals surface area contributed by atoms with Crippen LogP contribution in [-0.2, 0) is 17.8 Å². The fraction of sp³-hybridized carbons (Fsp3) is 0.643. The fourth-order valence-electron chi connectivity index (χ4n) is 2.48. The standard InChI is InChI=1S/C14H22N2O2S/c1-11(16-6-2-3-7-16)9-15-10-13-5-4-12(19-13)8-14(17)18/h4-5,11,15H,2-3,6-10H2,1H3,(H,17,18). The Labute approximate surface area is 118 Å². The molecular formula is C14H22N2O2S. The Balaban J connectivity index is 1.70. The van der Waals surface area contributed by atoms with E-state index in [1.54, 1.807) is 11.3 Å². The average Bonchev–Trinajstić information content (AvgIpc) is 2.99. The zero-order valence-electron chi connectivity index (χ0n) is 11.4. The summed E-state index contributed by atoms with van der Waals surface area (Å²) in [5, 5.41) is 12.2. The van der Waals surface area contributed by atoms with Crippen LogP contribution in [0.25, 0.3) is 0 Å². The molecule has 1 saturated heterocycles. The van der Waals surface area contributed by atoms with Crippen molar-refractivity contribution in [3.8, 4) is 0 Å². The Morgan fingerprint density at radius 2 is 2.11 bits per heavy atom. The Morgan fingerprint density at radius 3 is 2.79 bits per heavy atom. The van der Waals surface area contributed by atoms with Gasteiger partial charge in [-0.2, -0.15) is 0 Å². The quantitative estimate of drug-likeness (QED) is 0.802. The first-order valence-corrected chi connectivity index (χ1v) is 7.71. The monoisotopic (exact) mass is 282 g/mol. The number of nitrogens with one attached hydrogen (secondary N) is 1. The van der Waals surface area contributed by atoms with Crippen molar-refractivity contribution >= 4 is 17.3 Å². The third kappa shape index (κ3) is 4.60. The summed E-state index contributed by atoms with van der Waals surface area (Å²) in [6.07, 6.45) is 2.79. The second-order valence-electron chi connectivity index (χ2n) is 5.16. The maximum atomic E-state index is 10.6. The number of likely N-dealkylation sites (tertiary alicyclic amines) is 1. The summed E-state index contributed by atoms with van der Waals surface area (Å²) in [6, 6.07) is 4.52. The van der Waals surface area contributed by atoms with Crippen LogP contribution in [0, 0.1) is 0 Å². The van der Waals surface area contributed by atoms with E-state index in [4.69, 9.17) is 5.11 Å². The van der Waals surface area contributed by atoms with Crippen molar-refractivity contribution in [2.45, 2.75) is 38.8 Å². The van der Waals surface area contributed by atoms with Gasteiger partial charge in [-0.05, 0) is 45.0 Å². The molecule has 1 fully saturated rings. The zero-order chi connectivity index (χ0) is 13.7. The first-order valence-electron chi connectivity index (χ1n) is 6.89. The predicted octanol–water partition coefficient (Wildman–Crippen LogP) is 1.95. The van der Waals surface area contributed by atoms with Crippen molar-refractivity contribution in [3.05, 3.63) is 21.9 Å². The van der Waals surface area contributed by atoms with Crippen molar-refractivity contribution in [1.29, 1.82) is 0 Å². The Hall–Kier alpha value is -0.910. The molecule has 0 saturated carbocycles. The molecule has 1 aromatic heterocycles. The lowest BCUT2D eigenvalue weighted by atomic mass is 10.3. The molecule has 4 nitrogen and oxygen atoms in total. The highest BCUT2D eigenvalue weighted by atomic mass is 32.1. The van der Waals surface area contributed by atoms with E-state index in [-0.39, 0.29) is 6.42 Å². The van der Waals surface area contributed by atoms with E-state index in [1.165, 1.54) is 30.8 Å². The van der Waals surface area contributed by atoms with Crippen LogP contribution >= 0.6 is 11.3 Å². The highest BCUT2D eigenvalue weighted by molar-refractivity contribution is 7.12. The molecule has 2 heterocycles. The second kappa shape index (κ2) is 7.03. The van der Waals surface area contributed by atoms with Gasteiger partial charge in [0.05, 0.1) is 6.42 Å². The Bertz CT molecular complexity index is 413. The van der Waals surface area contributed by atoms with Gasteiger partial charge in [-0.25, -0.2) is 0 Å². The van der Waals surface area contributed by atoms with Gasteiger partial charge >= 0.3 is 5.97 Å². The third-order valence-electron chi connectivity index (χ3n) is 3.55. The third-order valence-corrected chi connectivity index (χ3v) is 4.63. The highest BCUT2D eigenvalue weighted by Crippen LogP contribution is 2.17. The maximum absolute atomic E-state index is 10.6. The Kier molecular flexibility index (Phi) is 5.36. The summed E-state index contributed by atoms with van der Waals surface area (Å²) in [5.41, 5.74) is 0. The zero-order valence-corrected chi connectivity index (χ0v) is 12.2. The number of carbonyl (C=O) groups is 1. The van der Waals surface area contributed by atoms with Crippen molar-refractivity contribution in [3.63, 3.8) is 0 Å². The lowest BCUT2D eigenvalue weighted by Gasteiger charge is -2.23. The minimum absolute atomic E-state index is 0.134. The normalized spacial score (nSPS) is 17.7. The van der Waals surface area contributed by atoms with Crippen LogP contribution in [0.5, 0.6) is 0 Å². The van der Waals surface area contributed by atoms with Crippen molar-refractivity contribution in [1.82, 2.24) is 10.2 Å². The smallest absolute Gasteiger partial charge is 0.308 e.